The maximum absolute atomic E-state index is 13.8. The Labute approximate surface area is 148 Å². The van der Waals surface area contributed by atoms with Gasteiger partial charge >= 0.3 is 6.18 Å². The molecule has 26 heavy (non-hydrogen) atoms. The summed E-state index contributed by atoms with van der Waals surface area (Å²) in [5, 5.41) is 9.87. The Bertz CT molecular complexity index is 822. The molecule has 1 aliphatic rings. The molecule has 0 spiro atoms. The second kappa shape index (κ2) is 6.95. The predicted octanol–water partition coefficient (Wildman–Crippen LogP) is 3.67. The Morgan fingerprint density at radius 3 is 2.50 bits per heavy atom. The summed E-state index contributed by atoms with van der Waals surface area (Å²) in [6, 6.07) is 6.17. The summed E-state index contributed by atoms with van der Waals surface area (Å²) < 4.78 is 46.6. The van der Waals surface area contributed by atoms with Crippen LogP contribution >= 0.6 is 0 Å². The highest BCUT2D eigenvalue weighted by Gasteiger charge is 2.40. The zero-order valence-corrected chi connectivity index (χ0v) is 13.9. The molecule has 1 saturated heterocycles. The van der Waals surface area contributed by atoms with E-state index in [4.69, 9.17) is 16.2 Å². The van der Waals surface area contributed by atoms with E-state index in [-0.39, 0.29) is 40.0 Å². The lowest BCUT2D eigenvalue weighted by Gasteiger charge is -2.23. The summed E-state index contributed by atoms with van der Waals surface area (Å²) in [6.07, 6.45) is -2.46. The molecule has 0 saturated carbocycles. The minimum atomic E-state index is -4.59. The molecular weight excluding hydrogens is 347 g/mol. The number of hydrogen-bond donors (Lipinski definition) is 4. The van der Waals surface area contributed by atoms with E-state index in [9.17, 15) is 18.3 Å². The zero-order chi connectivity index (χ0) is 18.9. The number of benzene rings is 1. The number of phenols is 1. The first-order chi connectivity index (χ1) is 12.3. The standard InChI is InChI=1S/C18H20F3N3O2/c19-18(20,21)15-12(9-13(22)11-3-1-2-4-14(11)25)17(23)24-16(15)10-5-7-26-8-6-10/h1-4,9-10,24-25H,5-8,22-23H2/b13-9-. The van der Waals surface area contributed by atoms with E-state index < -0.39 is 11.7 Å². The van der Waals surface area contributed by atoms with Crippen LogP contribution in [0.3, 0.4) is 0 Å². The van der Waals surface area contributed by atoms with Crippen molar-refractivity contribution in [2.45, 2.75) is 24.9 Å². The van der Waals surface area contributed by atoms with Crippen LogP contribution in [0, 0.1) is 0 Å². The number of anilines is 1. The third kappa shape index (κ3) is 3.50. The van der Waals surface area contributed by atoms with Gasteiger partial charge < -0.3 is 26.3 Å². The van der Waals surface area contributed by atoms with Crippen LogP contribution in [0.5, 0.6) is 5.75 Å². The summed E-state index contributed by atoms with van der Waals surface area (Å²) in [4.78, 5) is 2.70. The van der Waals surface area contributed by atoms with Crippen molar-refractivity contribution in [3.05, 3.63) is 46.6 Å². The first-order valence-electron chi connectivity index (χ1n) is 8.21. The van der Waals surface area contributed by atoms with Crippen LogP contribution in [0.2, 0.25) is 0 Å². The van der Waals surface area contributed by atoms with Crippen molar-refractivity contribution in [3.8, 4) is 5.75 Å². The highest BCUT2D eigenvalue weighted by Crippen LogP contribution is 2.43. The second-order valence-electron chi connectivity index (χ2n) is 6.24. The molecule has 2 heterocycles. The number of hydrogen-bond acceptors (Lipinski definition) is 4. The van der Waals surface area contributed by atoms with Crippen LogP contribution < -0.4 is 11.5 Å². The Hall–Kier alpha value is -2.61. The number of nitrogen functional groups attached to an aromatic ring is 1. The van der Waals surface area contributed by atoms with Gasteiger partial charge in [-0.3, -0.25) is 0 Å². The van der Waals surface area contributed by atoms with Crippen LogP contribution in [0.15, 0.2) is 24.3 Å². The molecule has 0 bridgehead atoms. The number of aromatic amines is 1. The van der Waals surface area contributed by atoms with Crippen molar-refractivity contribution >= 4 is 17.6 Å². The molecule has 140 valence electrons. The lowest BCUT2D eigenvalue weighted by molar-refractivity contribution is -0.138. The Morgan fingerprint density at radius 2 is 1.88 bits per heavy atom. The molecule has 0 atom stereocenters. The van der Waals surface area contributed by atoms with Crippen LogP contribution in [0.1, 0.15) is 41.1 Å². The van der Waals surface area contributed by atoms with E-state index in [0.29, 0.717) is 26.1 Å². The van der Waals surface area contributed by atoms with Gasteiger partial charge in [0.15, 0.2) is 0 Å². The number of rotatable bonds is 3. The topological polar surface area (TPSA) is 97.3 Å². The lowest BCUT2D eigenvalue weighted by Crippen LogP contribution is -2.18. The Kier molecular flexibility index (Phi) is 4.86. The van der Waals surface area contributed by atoms with Crippen molar-refractivity contribution in [3.63, 3.8) is 0 Å². The number of aromatic hydroxyl groups is 1. The van der Waals surface area contributed by atoms with Gasteiger partial charge in [-0.15, -0.1) is 0 Å². The normalized spacial score (nSPS) is 16.8. The van der Waals surface area contributed by atoms with Gasteiger partial charge in [-0.2, -0.15) is 13.2 Å². The fourth-order valence-corrected chi connectivity index (χ4v) is 3.25. The molecule has 0 aliphatic carbocycles. The molecule has 1 aromatic carbocycles. The molecule has 3 rings (SSSR count). The van der Waals surface area contributed by atoms with Gasteiger partial charge in [0.05, 0.1) is 5.56 Å². The zero-order valence-electron chi connectivity index (χ0n) is 13.9. The number of ether oxygens (including phenoxy) is 1. The number of nitrogens with two attached hydrogens (primary N) is 2. The van der Waals surface area contributed by atoms with Gasteiger partial charge in [-0.1, -0.05) is 12.1 Å². The predicted molar refractivity (Wildman–Crippen MR) is 93.2 cm³/mol. The molecule has 1 aliphatic heterocycles. The smallest absolute Gasteiger partial charge is 0.418 e. The average Bonchev–Trinajstić information content (AvgIpc) is 2.93. The van der Waals surface area contributed by atoms with E-state index in [1.165, 1.54) is 12.1 Å². The summed E-state index contributed by atoms with van der Waals surface area (Å²) in [5.74, 6) is -0.526. The number of phenolic OH excluding ortho intramolecular Hbond substituents is 1. The van der Waals surface area contributed by atoms with E-state index in [0.717, 1.165) is 6.08 Å². The molecule has 0 amide bonds. The van der Waals surface area contributed by atoms with Crippen LogP contribution in [0.4, 0.5) is 19.0 Å². The monoisotopic (exact) mass is 367 g/mol. The van der Waals surface area contributed by atoms with Crippen molar-refractivity contribution < 1.29 is 23.0 Å². The van der Waals surface area contributed by atoms with Crippen molar-refractivity contribution in [2.24, 2.45) is 5.73 Å². The summed E-state index contributed by atoms with van der Waals surface area (Å²) in [5.41, 5.74) is 11.1. The maximum atomic E-state index is 13.8. The van der Waals surface area contributed by atoms with Gasteiger partial charge in [-0.05, 0) is 31.1 Å². The van der Waals surface area contributed by atoms with Crippen molar-refractivity contribution in [2.75, 3.05) is 18.9 Å². The minimum absolute atomic E-state index is 0.00201. The number of nitrogens with one attached hydrogen (secondary N) is 1. The molecule has 1 aromatic heterocycles. The quantitative estimate of drug-likeness (QED) is 0.665. The van der Waals surface area contributed by atoms with Crippen LogP contribution in [-0.2, 0) is 10.9 Å². The molecule has 5 nitrogen and oxygen atoms in total. The summed E-state index contributed by atoms with van der Waals surface area (Å²) in [7, 11) is 0. The maximum Gasteiger partial charge on any atom is 0.418 e. The van der Waals surface area contributed by atoms with Gasteiger partial charge in [0.25, 0.3) is 0 Å². The molecule has 0 unspecified atom stereocenters. The minimum Gasteiger partial charge on any atom is -0.507 e. The summed E-state index contributed by atoms with van der Waals surface area (Å²) >= 11 is 0. The van der Waals surface area contributed by atoms with Crippen LogP contribution in [0.25, 0.3) is 11.8 Å². The van der Waals surface area contributed by atoms with E-state index in [1.807, 2.05) is 0 Å². The van der Waals surface area contributed by atoms with Crippen molar-refractivity contribution in [1.29, 1.82) is 0 Å². The highest BCUT2D eigenvalue weighted by molar-refractivity contribution is 5.86. The molecule has 1 fully saturated rings. The van der Waals surface area contributed by atoms with E-state index >= 15 is 0 Å². The molecule has 8 heteroatoms. The fraction of sp³-hybridized carbons (Fsp3) is 0.333. The summed E-state index contributed by atoms with van der Waals surface area (Å²) in [6.45, 7) is 0.818. The molecule has 0 radical (unpaired) electrons. The number of para-hydroxylation sites is 1. The van der Waals surface area contributed by atoms with E-state index in [2.05, 4.69) is 4.98 Å². The van der Waals surface area contributed by atoms with Gasteiger partial charge in [0.1, 0.15) is 11.6 Å². The first-order valence-corrected chi connectivity index (χ1v) is 8.21. The fourth-order valence-electron chi connectivity index (χ4n) is 3.25. The number of H-pyrrole nitrogens is 1. The third-order valence-electron chi connectivity index (χ3n) is 4.53. The Morgan fingerprint density at radius 1 is 1.23 bits per heavy atom. The molecular formula is C18H20F3N3O2. The van der Waals surface area contributed by atoms with Crippen LogP contribution in [-0.4, -0.2) is 23.3 Å². The van der Waals surface area contributed by atoms with Crippen molar-refractivity contribution in [1.82, 2.24) is 4.98 Å². The van der Waals surface area contributed by atoms with E-state index in [1.54, 1.807) is 12.1 Å². The van der Waals surface area contributed by atoms with Gasteiger partial charge in [0, 0.05) is 41.6 Å². The average molecular weight is 367 g/mol. The second-order valence-corrected chi connectivity index (χ2v) is 6.24. The number of halogens is 3. The third-order valence-corrected chi connectivity index (χ3v) is 4.53. The molecule has 2 aromatic rings. The molecule has 6 N–H and O–H groups in total. The lowest BCUT2D eigenvalue weighted by atomic mass is 9.92. The van der Waals surface area contributed by atoms with Gasteiger partial charge in [0.2, 0.25) is 0 Å². The van der Waals surface area contributed by atoms with Gasteiger partial charge in [-0.25, -0.2) is 0 Å². The number of aromatic nitrogens is 1. The largest absolute Gasteiger partial charge is 0.507 e. The number of alkyl halides is 3. The highest BCUT2D eigenvalue weighted by atomic mass is 19.4. The Balaban J connectivity index is 2.11. The first kappa shape index (κ1) is 18.2. The SMILES string of the molecule is N/C(=C\c1c(N)[nH]c(C2CCOCC2)c1C(F)(F)F)c1ccccc1O.